The fourth-order valence-electron chi connectivity index (χ4n) is 3.01. The predicted molar refractivity (Wildman–Crippen MR) is 73.3 cm³/mol. The maximum absolute atomic E-state index is 2.72. The summed E-state index contributed by atoms with van der Waals surface area (Å²) in [5.74, 6) is 1.34. The summed E-state index contributed by atoms with van der Waals surface area (Å²) in [5, 5.41) is 0. The lowest BCUT2D eigenvalue weighted by Crippen LogP contribution is -2.54. The lowest BCUT2D eigenvalue weighted by molar-refractivity contribution is 0.0489. The third-order valence-corrected chi connectivity index (χ3v) is 4.69. The lowest BCUT2D eigenvalue weighted by atomic mass is 9.99. The Morgan fingerprint density at radius 3 is 2.94 bits per heavy atom. The van der Waals surface area contributed by atoms with Crippen LogP contribution >= 0.6 is 11.8 Å². The van der Waals surface area contributed by atoms with Crippen molar-refractivity contribution in [2.45, 2.75) is 38.1 Å². The summed E-state index contributed by atoms with van der Waals surface area (Å²) in [6.07, 6.45) is 9.34. The monoisotopic (exact) mass is 242 g/mol. The first-order valence-corrected chi connectivity index (χ1v) is 8.25. The average molecular weight is 242 g/mol. The SMILES string of the molecule is CSCCCCN1CCN2CCCCC2C1. The molecule has 94 valence electrons. The Balaban J connectivity index is 1.65. The molecule has 3 heteroatoms. The van der Waals surface area contributed by atoms with E-state index in [1.54, 1.807) is 0 Å². The zero-order valence-electron chi connectivity index (χ0n) is 10.7. The standard InChI is InChI=1S/C13H26N2S/c1-16-11-5-4-7-14-9-10-15-8-3-2-6-13(15)12-14/h13H,2-12H2,1H3. The second-order valence-corrected chi connectivity index (χ2v) is 6.17. The number of hydrogen-bond donors (Lipinski definition) is 0. The van der Waals surface area contributed by atoms with Crippen LogP contribution in [0.4, 0.5) is 0 Å². The summed E-state index contributed by atoms with van der Waals surface area (Å²) < 4.78 is 0. The van der Waals surface area contributed by atoms with E-state index in [1.165, 1.54) is 70.6 Å². The van der Waals surface area contributed by atoms with Crippen LogP contribution in [-0.4, -0.2) is 60.6 Å². The molecule has 0 saturated carbocycles. The van der Waals surface area contributed by atoms with Crippen LogP contribution in [-0.2, 0) is 0 Å². The number of piperazine rings is 1. The highest BCUT2D eigenvalue weighted by Gasteiger charge is 2.28. The molecule has 2 heterocycles. The number of nitrogens with zero attached hydrogens (tertiary/aromatic N) is 2. The molecule has 1 unspecified atom stereocenters. The molecule has 0 spiro atoms. The average Bonchev–Trinajstić information content (AvgIpc) is 2.34. The molecule has 0 aliphatic carbocycles. The molecule has 1 atom stereocenters. The molecule has 0 bridgehead atoms. The van der Waals surface area contributed by atoms with Crippen molar-refractivity contribution in [3.63, 3.8) is 0 Å². The molecule has 16 heavy (non-hydrogen) atoms. The highest BCUT2D eigenvalue weighted by Crippen LogP contribution is 2.21. The van der Waals surface area contributed by atoms with E-state index in [0.717, 1.165) is 6.04 Å². The van der Waals surface area contributed by atoms with Gasteiger partial charge in [-0.3, -0.25) is 4.90 Å². The molecule has 2 aliphatic heterocycles. The minimum absolute atomic E-state index is 0.892. The number of unbranched alkanes of at least 4 members (excludes halogenated alkanes) is 1. The Labute approximate surface area is 105 Å². The van der Waals surface area contributed by atoms with Gasteiger partial charge < -0.3 is 4.90 Å². The largest absolute Gasteiger partial charge is 0.301 e. The fourth-order valence-corrected chi connectivity index (χ4v) is 3.50. The Morgan fingerprint density at radius 1 is 1.12 bits per heavy atom. The van der Waals surface area contributed by atoms with Crippen LogP contribution in [0.25, 0.3) is 0 Å². The minimum Gasteiger partial charge on any atom is -0.301 e. The van der Waals surface area contributed by atoms with Crippen molar-refractivity contribution in [3.8, 4) is 0 Å². The van der Waals surface area contributed by atoms with Crippen LogP contribution in [0.3, 0.4) is 0 Å². The highest BCUT2D eigenvalue weighted by molar-refractivity contribution is 7.98. The first-order valence-electron chi connectivity index (χ1n) is 6.85. The summed E-state index contributed by atoms with van der Waals surface area (Å²) in [6.45, 7) is 6.69. The van der Waals surface area contributed by atoms with Crippen molar-refractivity contribution in [1.82, 2.24) is 9.80 Å². The molecule has 2 saturated heterocycles. The van der Waals surface area contributed by atoms with E-state index >= 15 is 0 Å². The third kappa shape index (κ3) is 3.64. The van der Waals surface area contributed by atoms with Crippen molar-refractivity contribution in [2.75, 3.05) is 44.7 Å². The number of hydrogen-bond acceptors (Lipinski definition) is 3. The van der Waals surface area contributed by atoms with Gasteiger partial charge in [0.1, 0.15) is 0 Å². The second-order valence-electron chi connectivity index (χ2n) is 5.19. The maximum Gasteiger partial charge on any atom is 0.0223 e. The van der Waals surface area contributed by atoms with Crippen LogP contribution < -0.4 is 0 Å². The molecular weight excluding hydrogens is 216 g/mol. The van der Waals surface area contributed by atoms with Crippen LogP contribution in [0, 0.1) is 0 Å². The van der Waals surface area contributed by atoms with Crippen molar-refractivity contribution in [3.05, 3.63) is 0 Å². The summed E-state index contributed by atoms with van der Waals surface area (Å²) in [7, 11) is 0. The van der Waals surface area contributed by atoms with E-state index in [1.807, 2.05) is 11.8 Å². The molecule has 0 N–H and O–H groups in total. The number of thioether (sulfide) groups is 1. The summed E-state index contributed by atoms with van der Waals surface area (Å²) >= 11 is 1.98. The summed E-state index contributed by atoms with van der Waals surface area (Å²) in [4.78, 5) is 5.43. The molecular formula is C13H26N2S. The van der Waals surface area contributed by atoms with Crippen molar-refractivity contribution in [1.29, 1.82) is 0 Å². The van der Waals surface area contributed by atoms with E-state index in [2.05, 4.69) is 16.1 Å². The van der Waals surface area contributed by atoms with Gasteiger partial charge in [0.25, 0.3) is 0 Å². The maximum atomic E-state index is 2.72. The molecule has 0 aromatic heterocycles. The van der Waals surface area contributed by atoms with Gasteiger partial charge in [-0.15, -0.1) is 0 Å². The third-order valence-electron chi connectivity index (χ3n) is 3.99. The van der Waals surface area contributed by atoms with Gasteiger partial charge in [0.2, 0.25) is 0 Å². The van der Waals surface area contributed by atoms with Crippen LogP contribution in [0.15, 0.2) is 0 Å². The summed E-state index contributed by atoms with van der Waals surface area (Å²) in [6, 6.07) is 0.892. The van der Waals surface area contributed by atoms with Crippen molar-refractivity contribution >= 4 is 11.8 Å². The number of fused-ring (bicyclic) bond motifs is 1. The Morgan fingerprint density at radius 2 is 2.06 bits per heavy atom. The highest BCUT2D eigenvalue weighted by atomic mass is 32.2. The van der Waals surface area contributed by atoms with Gasteiger partial charge in [-0.1, -0.05) is 6.42 Å². The van der Waals surface area contributed by atoms with Gasteiger partial charge in [0.05, 0.1) is 0 Å². The smallest absolute Gasteiger partial charge is 0.0223 e. The molecule has 0 aromatic rings. The van der Waals surface area contributed by atoms with E-state index < -0.39 is 0 Å². The van der Waals surface area contributed by atoms with Crippen LogP contribution in [0.2, 0.25) is 0 Å². The lowest BCUT2D eigenvalue weighted by Gasteiger charge is -2.44. The van der Waals surface area contributed by atoms with E-state index in [-0.39, 0.29) is 0 Å². The normalized spacial score (nSPS) is 27.9. The molecule has 0 radical (unpaired) electrons. The Bertz CT molecular complexity index is 198. The second kappa shape index (κ2) is 6.87. The van der Waals surface area contributed by atoms with Gasteiger partial charge in [0.15, 0.2) is 0 Å². The molecule has 0 amide bonds. The number of piperidine rings is 1. The van der Waals surface area contributed by atoms with Gasteiger partial charge in [0, 0.05) is 25.7 Å². The molecule has 2 nitrogen and oxygen atoms in total. The first kappa shape index (κ1) is 12.7. The molecule has 2 fully saturated rings. The van der Waals surface area contributed by atoms with Crippen molar-refractivity contribution < 1.29 is 0 Å². The molecule has 2 rings (SSSR count). The zero-order valence-corrected chi connectivity index (χ0v) is 11.5. The van der Waals surface area contributed by atoms with E-state index in [4.69, 9.17) is 0 Å². The van der Waals surface area contributed by atoms with Gasteiger partial charge in [-0.2, -0.15) is 11.8 Å². The Hall–Kier alpha value is 0.270. The molecule has 2 aliphatic rings. The van der Waals surface area contributed by atoms with Crippen molar-refractivity contribution in [2.24, 2.45) is 0 Å². The van der Waals surface area contributed by atoms with E-state index in [0.29, 0.717) is 0 Å². The number of rotatable bonds is 5. The predicted octanol–water partition coefficient (Wildman–Crippen LogP) is 2.30. The van der Waals surface area contributed by atoms with Crippen LogP contribution in [0.5, 0.6) is 0 Å². The zero-order chi connectivity index (χ0) is 11.2. The van der Waals surface area contributed by atoms with E-state index in [9.17, 15) is 0 Å². The minimum atomic E-state index is 0.892. The van der Waals surface area contributed by atoms with Gasteiger partial charge >= 0.3 is 0 Å². The molecule has 0 aromatic carbocycles. The topological polar surface area (TPSA) is 6.48 Å². The Kier molecular flexibility index (Phi) is 5.46. The van der Waals surface area contributed by atoms with Crippen LogP contribution in [0.1, 0.15) is 32.1 Å². The quantitative estimate of drug-likeness (QED) is 0.683. The fraction of sp³-hybridized carbons (Fsp3) is 1.00. The van der Waals surface area contributed by atoms with Gasteiger partial charge in [-0.05, 0) is 50.8 Å². The van der Waals surface area contributed by atoms with Gasteiger partial charge in [-0.25, -0.2) is 0 Å². The summed E-state index contributed by atoms with van der Waals surface area (Å²) in [5.41, 5.74) is 0. The first-order chi connectivity index (χ1) is 7.90.